The molecule has 0 bridgehead atoms. The van der Waals surface area contributed by atoms with Gasteiger partial charge in [-0.05, 0) is 30.2 Å². The van der Waals surface area contributed by atoms with Gasteiger partial charge >= 0.3 is 5.97 Å². The first-order valence-corrected chi connectivity index (χ1v) is 6.24. The van der Waals surface area contributed by atoms with E-state index in [9.17, 15) is 4.79 Å². The predicted octanol–water partition coefficient (Wildman–Crippen LogP) is 2.32. The smallest absolute Gasteiger partial charge is 0.341 e. The third-order valence-corrected chi connectivity index (χ3v) is 2.63. The van der Waals surface area contributed by atoms with Crippen molar-refractivity contribution < 1.29 is 19.4 Å². The van der Waals surface area contributed by atoms with E-state index in [4.69, 9.17) is 25.1 Å². The predicted molar refractivity (Wildman–Crippen MR) is 79.2 cm³/mol. The zero-order valence-electron chi connectivity index (χ0n) is 12.0. The Morgan fingerprint density at radius 3 is 2.59 bits per heavy atom. The van der Waals surface area contributed by atoms with Gasteiger partial charge in [0.15, 0.2) is 18.1 Å². The SMILES string of the molecule is C=CCc1cc(C=C(C#N)C#N)cc(OC)c1OCC(=O)O. The van der Waals surface area contributed by atoms with Crippen molar-refractivity contribution >= 4 is 12.0 Å². The molecule has 0 aliphatic heterocycles. The van der Waals surface area contributed by atoms with E-state index in [1.165, 1.54) is 13.2 Å². The van der Waals surface area contributed by atoms with Crippen LogP contribution in [0.4, 0.5) is 0 Å². The number of hydrogen-bond acceptors (Lipinski definition) is 5. The number of aliphatic carboxylic acids is 1. The highest BCUT2D eigenvalue weighted by molar-refractivity contribution is 5.70. The van der Waals surface area contributed by atoms with Gasteiger partial charge < -0.3 is 14.6 Å². The van der Waals surface area contributed by atoms with Crippen molar-refractivity contribution in [1.82, 2.24) is 0 Å². The van der Waals surface area contributed by atoms with Gasteiger partial charge in [0.2, 0.25) is 0 Å². The number of allylic oxidation sites excluding steroid dienone is 2. The molecule has 6 heteroatoms. The largest absolute Gasteiger partial charge is 0.493 e. The second kappa shape index (κ2) is 8.13. The lowest BCUT2D eigenvalue weighted by molar-refractivity contribution is -0.139. The molecule has 0 aliphatic carbocycles. The van der Waals surface area contributed by atoms with Crippen molar-refractivity contribution in [3.05, 3.63) is 41.5 Å². The summed E-state index contributed by atoms with van der Waals surface area (Å²) in [6.45, 7) is 3.14. The van der Waals surface area contributed by atoms with Crippen LogP contribution in [0.3, 0.4) is 0 Å². The first kappa shape index (κ1) is 16.8. The standard InChI is InChI=1S/C16H14N2O4/c1-3-4-13-6-11(5-12(8-17)9-18)7-14(21-2)16(13)22-10-15(19)20/h3,5-7H,1,4,10H2,2H3,(H,19,20). The van der Waals surface area contributed by atoms with Gasteiger partial charge in [0.1, 0.15) is 17.7 Å². The summed E-state index contributed by atoms with van der Waals surface area (Å²) in [7, 11) is 1.42. The van der Waals surface area contributed by atoms with Gasteiger partial charge in [-0.1, -0.05) is 6.08 Å². The van der Waals surface area contributed by atoms with E-state index in [-0.39, 0.29) is 5.57 Å². The minimum atomic E-state index is -1.10. The Morgan fingerprint density at radius 1 is 1.41 bits per heavy atom. The minimum Gasteiger partial charge on any atom is -0.493 e. The van der Waals surface area contributed by atoms with Crippen LogP contribution < -0.4 is 9.47 Å². The molecule has 0 amide bonds. The monoisotopic (exact) mass is 298 g/mol. The van der Waals surface area contributed by atoms with Crippen molar-refractivity contribution in [2.24, 2.45) is 0 Å². The Hall–Kier alpha value is -3.25. The molecule has 22 heavy (non-hydrogen) atoms. The Labute approximate surface area is 128 Å². The summed E-state index contributed by atoms with van der Waals surface area (Å²) < 4.78 is 10.5. The second-order valence-electron chi connectivity index (χ2n) is 4.17. The first-order chi connectivity index (χ1) is 10.5. The molecule has 0 fully saturated rings. The van der Waals surface area contributed by atoms with Crippen LogP contribution in [0, 0.1) is 22.7 Å². The molecule has 1 aromatic rings. The van der Waals surface area contributed by atoms with Crippen LogP contribution in [0.5, 0.6) is 11.5 Å². The van der Waals surface area contributed by atoms with E-state index < -0.39 is 12.6 Å². The number of carboxylic acids is 1. The molecule has 0 unspecified atom stereocenters. The Balaban J connectivity index is 3.37. The first-order valence-electron chi connectivity index (χ1n) is 6.24. The van der Waals surface area contributed by atoms with E-state index in [2.05, 4.69) is 6.58 Å². The average molecular weight is 298 g/mol. The number of benzene rings is 1. The molecule has 0 aliphatic rings. The lowest BCUT2D eigenvalue weighted by Crippen LogP contribution is -2.11. The highest BCUT2D eigenvalue weighted by atomic mass is 16.5. The quantitative estimate of drug-likeness (QED) is 0.612. The van der Waals surface area contributed by atoms with Crippen LogP contribution in [0.25, 0.3) is 6.08 Å². The lowest BCUT2D eigenvalue weighted by atomic mass is 10.0. The van der Waals surface area contributed by atoms with E-state index in [0.717, 1.165) is 0 Å². The van der Waals surface area contributed by atoms with Crippen LogP contribution in [-0.4, -0.2) is 24.8 Å². The fourth-order valence-electron chi connectivity index (χ4n) is 1.78. The molecule has 112 valence electrons. The normalized spacial score (nSPS) is 9.05. The maximum Gasteiger partial charge on any atom is 0.341 e. The molecule has 1 rings (SSSR count). The van der Waals surface area contributed by atoms with E-state index in [0.29, 0.717) is 29.0 Å². The second-order valence-corrected chi connectivity index (χ2v) is 4.17. The summed E-state index contributed by atoms with van der Waals surface area (Å²) >= 11 is 0. The van der Waals surface area contributed by atoms with Gasteiger partial charge in [0.05, 0.1) is 7.11 Å². The zero-order chi connectivity index (χ0) is 16.5. The Kier molecular flexibility index (Phi) is 6.21. The van der Waals surface area contributed by atoms with Crippen molar-refractivity contribution in [1.29, 1.82) is 10.5 Å². The molecular formula is C16H14N2O4. The number of carboxylic acid groups (broad SMARTS) is 1. The average Bonchev–Trinajstić information content (AvgIpc) is 2.51. The van der Waals surface area contributed by atoms with Crippen LogP contribution >= 0.6 is 0 Å². The van der Waals surface area contributed by atoms with Crippen LogP contribution in [0.15, 0.2) is 30.4 Å². The zero-order valence-corrected chi connectivity index (χ0v) is 12.0. The number of nitriles is 2. The highest BCUT2D eigenvalue weighted by Crippen LogP contribution is 2.34. The van der Waals surface area contributed by atoms with Gasteiger partial charge in [-0.15, -0.1) is 6.58 Å². The van der Waals surface area contributed by atoms with Gasteiger partial charge in [-0.25, -0.2) is 4.79 Å². The summed E-state index contributed by atoms with van der Waals surface area (Å²) in [4.78, 5) is 10.7. The summed E-state index contributed by atoms with van der Waals surface area (Å²) in [5.74, 6) is -0.480. The lowest BCUT2D eigenvalue weighted by Gasteiger charge is -2.14. The van der Waals surface area contributed by atoms with Crippen molar-refractivity contribution in [3.63, 3.8) is 0 Å². The van der Waals surface area contributed by atoms with Gasteiger partial charge in [-0.2, -0.15) is 10.5 Å². The minimum absolute atomic E-state index is 0.0502. The van der Waals surface area contributed by atoms with Crippen molar-refractivity contribution in [3.8, 4) is 23.6 Å². The molecule has 6 nitrogen and oxygen atoms in total. The number of ether oxygens (including phenoxy) is 2. The van der Waals surface area contributed by atoms with Gasteiger partial charge in [-0.3, -0.25) is 0 Å². The molecule has 0 heterocycles. The number of nitrogens with zero attached hydrogens (tertiary/aromatic N) is 2. The summed E-state index contributed by atoms with van der Waals surface area (Å²) in [5.41, 5.74) is 1.18. The molecule has 0 atom stereocenters. The summed E-state index contributed by atoms with van der Waals surface area (Å²) in [6.07, 6.45) is 3.46. The maximum atomic E-state index is 10.7. The highest BCUT2D eigenvalue weighted by Gasteiger charge is 2.14. The molecule has 1 aromatic carbocycles. The van der Waals surface area contributed by atoms with E-state index in [1.807, 2.05) is 0 Å². The fraction of sp³-hybridized carbons (Fsp3) is 0.188. The van der Waals surface area contributed by atoms with Crippen LogP contribution in [0.2, 0.25) is 0 Å². The van der Waals surface area contributed by atoms with Gasteiger partial charge in [0, 0.05) is 5.56 Å². The fourth-order valence-corrected chi connectivity index (χ4v) is 1.78. The Bertz CT molecular complexity index is 677. The van der Waals surface area contributed by atoms with E-state index >= 15 is 0 Å². The molecule has 1 N–H and O–H groups in total. The van der Waals surface area contributed by atoms with Crippen LogP contribution in [0.1, 0.15) is 11.1 Å². The van der Waals surface area contributed by atoms with Crippen LogP contribution in [-0.2, 0) is 11.2 Å². The molecule has 0 saturated carbocycles. The molecule has 0 aromatic heterocycles. The number of hydrogen-bond donors (Lipinski definition) is 1. The van der Waals surface area contributed by atoms with E-state index in [1.54, 1.807) is 30.3 Å². The molecule has 0 spiro atoms. The number of carbonyl (C=O) groups is 1. The van der Waals surface area contributed by atoms with Gasteiger partial charge in [0.25, 0.3) is 0 Å². The summed E-state index contributed by atoms with van der Waals surface area (Å²) in [6, 6.07) is 6.81. The number of rotatable bonds is 7. The molecule has 0 radical (unpaired) electrons. The summed E-state index contributed by atoms with van der Waals surface area (Å²) in [5, 5.41) is 26.3. The maximum absolute atomic E-state index is 10.7. The molecule has 0 saturated heterocycles. The molecular weight excluding hydrogens is 284 g/mol. The Morgan fingerprint density at radius 2 is 2.09 bits per heavy atom. The third-order valence-electron chi connectivity index (χ3n) is 2.63. The van der Waals surface area contributed by atoms with Crippen molar-refractivity contribution in [2.75, 3.05) is 13.7 Å². The topological polar surface area (TPSA) is 103 Å². The van der Waals surface area contributed by atoms with Crippen molar-refractivity contribution in [2.45, 2.75) is 6.42 Å². The third kappa shape index (κ3) is 4.39. The number of methoxy groups -OCH3 is 1.